The van der Waals surface area contributed by atoms with Crippen molar-refractivity contribution in [3.63, 3.8) is 0 Å². The van der Waals surface area contributed by atoms with Gasteiger partial charge in [0.15, 0.2) is 0 Å². The van der Waals surface area contributed by atoms with E-state index in [-0.39, 0.29) is 6.10 Å². The Morgan fingerprint density at radius 1 is 1.35 bits per heavy atom. The van der Waals surface area contributed by atoms with Gasteiger partial charge in [-0.05, 0) is 38.8 Å². The maximum atomic E-state index is 11.1. The van der Waals surface area contributed by atoms with Gasteiger partial charge >= 0.3 is 6.09 Å². The van der Waals surface area contributed by atoms with Crippen LogP contribution in [0.4, 0.5) is 4.79 Å². The van der Waals surface area contributed by atoms with E-state index in [9.17, 15) is 4.79 Å². The van der Waals surface area contributed by atoms with Crippen LogP contribution in [0.3, 0.4) is 0 Å². The smallest absolute Gasteiger partial charge is 0.406 e. The Balaban J connectivity index is 2.03. The lowest BCUT2D eigenvalue weighted by Gasteiger charge is -2.31. The number of carbonyl (C=O) groups excluding carboxylic acids is 1. The zero-order chi connectivity index (χ0) is 16.7. The molecule has 1 aromatic rings. The number of carbonyl (C=O) groups is 1. The van der Waals surface area contributed by atoms with Gasteiger partial charge in [-0.1, -0.05) is 29.3 Å². The second-order valence-corrected chi connectivity index (χ2v) is 6.24. The number of aryl methyl sites for hydroxylation is 2. The molecule has 2 N–H and O–H groups in total. The van der Waals surface area contributed by atoms with Gasteiger partial charge in [-0.3, -0.25) is 0 Å². The molecule has 23 heavy (non-hydrogen) atoms. The van der Waals surface area contributed by atoms with Crippen molar-refractivity contribution >= 4 is 6.09 Å². The van der Waals surface area contributed by atoms with Gasteiger partial charge < -0.3 is 20.1 Å². The number of nitrogens with one attached hydrogen (secondary N) is 2. The van der Waals surface area contributed by atoms with E-state index in [1.165, 1.54) is 30.2 Å². The molecule has 0 aromatic heterocycles. The molecule has 0 aliphatic carbocycles. The summed E-state index contributed by atoms with van der Waals surface area (Å²) in [5, 5.41) is 6.13. The third-order valence-electron chi connectivity index (χ3n) is 4.19. The third-order valence-corrected chi connectivity index (χ3v) is 4.19. The summed E-state index contributed by atoms with van der Waals surface area (Å²) in [7, 11) is 1.36. The molecular weight excluding hydrogens is 292 g/mol. The Kier molecular flexibility index (Phi) is 6.86. The molecule has 5 heteroatoms. The number of methoxy groups -OCH3 is 1. The zero-order valence-corrected chi connectivity index (χ0v) is 14.4. The zero-order valence-electron chi connectivity index (χ0n) is 14.4. The van der Waals surface area contributed by atoms with Crippen LogP contribution in [0, 0.1) is 19.8 Å². The summed E-state index contributed by atoms with van der Waals surface area (Å²) >= 11 is 0. The standard InChI is InChI=1S/C18H28N2O3/c1-13-9-14(2)11-16(10-13)17(15-5-4-6-19-12-15)23-8-7-20-18(21)22-3/h9-11,15,17,19H,4-8,12H2,1-3H3,(H,20,21)/t15?,17-/m1/s1. The van der Waals surface area contributed by atoms with Crippen LogP contribution in [0.25, 0.3) is 0 Å². The summed E-state index contributed by atoms with van der Waals surface area (Å²) in [5.74, 6) is 0.461. The molecule has 128 valence electrons. The summed E-state index contributed by atoms with van der Waals surface area (Å²) in [4.78, 5) is 11.1. The van der Waals surface area contributed by atoms with Gasteiger partial charge in [0.05, 0.1) is 19.8 Å². The molecule has 0 spiro atoms. The number of alkyl carbamates (subject to hydrolysis) is 1. The van der Waals surface area contributed by atoms with Crippen molar-refractivity contribution in [3.05, 3.63) is 34.9 Å². The van der Waals surface area contributed by atoms with Crippen LogP contribution in [0.1, 0.15) is 35.6 Å². The van der Waals surface area contributed by atoms with Gasteiger partial charge in [-0.2, -0.15) is 0 Å². The van der Waals surface area contributed by atoms with Gasteiger partial charge in [0.2, 0.25) is 0 Å². The van der Waals surface area contributed by atoms with E-state index < -0.39 is 6.09 Å². The highest BCUT2D eigenvalue weighted by Crippen LogP contribution is 2.31. The number of hydrogen-bond donors (Lipinski definition) is 2. The van der Waals surface area contributed by atoms with E-state index in [4.69, 9.17) is 4.74 Å². The maximum absolute atomic E-state index is 11.1. The Morgan fingerprint density at radius 2 is 2.09 bits per heavy atom. The summed E-state index contributed by atoms with van der Waals surface area (Å²) in [6.07, 6.45) is 1.97. The quantitative estimate of drug-likeness (QED) is 0.791. The predicted molar refractivity (Wildman–Crippen MR) is 90.6 cm³/mol. The molecule has 1 unspecified atom stereocenters. The normalized spacial score (nSPS) is 19.2. The molecule has 2 rings (SSSR count). The van der Waals surface area contributed by atoms with Crippen LogP contribution in [0.15, 0.2) is 18.2 Å². The van der Waals surface area contributed by atoms with E-state index in [1.807, 2.05) is 0 Å². The minimum absolute atomic E-state index is 0.0563. The van der Waals surface area contributed by atoms with Crippen LogP contribution in [0.2, 0.25) is 0 Å². The van der Waals surface area contributed by atoms with E-state index >= 15 is 0 Å². The first kappa shape index (κ1) is 17.8. The number of benzene rings is 1. The summed E-state index contributed by atoms with van der Waals surface area (Å²) in [6, 6.07) is 6.60. The van der Waals surface area contributed by atoms with Crippen molar-refractivity contribution in [2.45, 2.75) is 32.8 Å². The summed E-state index contributed by atoms with van der Waals surface area (Å²) < 4.78 is 10.7. The molecule has 1 saturated heterocycles. The maximum Gasteiger partial charge on any atom is 0.406 e. The molecule has 0 bridgehead atoms. The van der Waals surface area contributed by atoms with Crippen molar-refractivity contribution in [1.29, 1.82) is 0 Å². The van der Waals surface area contributed by atoms with Gasteiger partial charge in [0, 0.05) is 19.0 Å². The van der Waals surface area contributed by atoms with Crippen LogP contribution < -0.4 is 10.6 Å². The Hall–Kier alpha value is -1.59. The van der Waals surface area contributed by atoms with E-state index in [2.05, 4.69) is 47.4 Å². The van der Waals surface area contributed by atoms with E-state index in [0.717, 1.165) is 19.5 Å². The van der Waals surface area contributed by atoms with Gasteiger partial charge in [-0.15, -0.1) is 0 Å². The Bertz CT molecular complexity index is 493. The average molecular weight is 320 g/mol. The number of ether oxygens (including phenoxy) is 2. The minimum Gasteiger partial charge on any atom is -0.453 e. The molecule has 1 amide bonds. The molecule has 0 saturated carbocycles. The van der Waals surface area contributed by atoms with Crippen molar-refractivity contribution in [2.24, 2.45) is 5.92 Å². The fraction of sp³-hybridized carbons (Fsp3) is 0.611. The molecule has 2 atom stereocenters. The van der Waals surface area contributed by atoms with Gasteiger partial charge in [0.1, 0.15) is 0 Å². The molecule has 0 radical (unpaired) electrons. The van der Waals surface area contributed by atoms with Gasteiger partial charge in [0.25, 0.3) is 0 Å². The highest BCUT2D eigenvalue weighted by Gasteiger charge is 2.26. The monoisotopic (exact) mass is 320 g/mol. The van der Waals surface area contributed by atoms with Crippen molar-refractivity contribution in [3.8, 4) is 0 Å². The lowest BCUT2D eigenvalue weighted by Crippen LogP contribution is -2.35. The van der Waals surface area contributed by atoms with E-state index in [1.54, 1.807) is 0 Å². The summed E-state index contributed by atoms with van der Waals surface area (Å²) in [6.45, 7) is 7.22. The van der Waals surface area contributed by atoms with E-state index in [0.29, 0.717) is 19.1 Å². The highest BCUT2D eigenvalue weighted by molar-refractivity contribution is 5.66. The molecule has 1 aromatic carbocycles. The number of amides is 1. The number of piperidine rings is 1. The molecule has 1 fully saturated rings. The second kappa shape index (κ2) is 8.89. The van der Waals surface area contributed by atoms with Crippen LogP contribution in [-0.4, -0.2) is 39.4 Å². The van der Waals surface area contributed by atoms with Gasteiger partial charge in [-0.25, -0.2) is 4.79 Å². The SMILES string of the molecule is COC(=O)NCCO[C@@H](c1cc(C)cc(C)c1)C1CCCNC1. The second-order valence-electron chi connectivity index (χ2n) is 6.24. The predicted octanol–water partition coefficient (Wildman–Crippen LogP) is 2.72. The molecular formula is C18H28N2O3. The molecule has 1 heterocycles. The Morgan fingerprint density at radius 3 is 2.70 bits per heavy atom. The largest absolute Gasteiger partial charge is 0.453 e. The fourth-order valence-corrected chi connectivity index (χ4v) is 3.23. The first-order chi connectivity index (χ1) is 11.1. The average Bonchev–Trinajstić information content (AvgIpc) is 2.54. The lowest BCUT2D eigenvalue weighted by atomic mass is 9.88. The fourth-order valence-electron chi connectivity index (χ4n) is 3.23. The van der Waals surface area contributed by atoms with Crippen molar-refractivity contribution < 1.29 is 14.3 Å². The molecule has 1 aliphatic heterocycles. The molecule has 1 aliphatic rings. The van der Waals surface area contributed by atoms with Crippen LogP contribution >= 0.6 is 0 Å². The first-order valence-corrected chi connectivity index (χ1v) is 8.32. The number of rotatable bonds is 6. The van der Waals surface area contributed by atoms with Crippen molar-refractivity contribution in [1.82, 2.24) is 10.6 Å². The third kappa shape index (κ3) is 5.52. The van der Waals surface area contributed by atoms with Crippen molar-refractivity contribution in [2.75, 3.05) is 33.4 Å². The highest BCUT2D eigenvalue weighted by atomic mass is 16.5. The topological polar surface area (TPSA) is 59.6 Å². The number of hydrogen-bond acceptors (Lipinski definition) is 4. The first-order valence-electron chi connectivity index (χ1n) is 8.32. The minimum atomic E-state index is -0.420. The summed E-state index contributed by atoms with van der Waals surface area (Å²) in [5.41, 5.74) is 3.74. The lowest BCUT2D eigenvalue weighted by molar-refractivity contribution is 0.00468. The van der Waals surface area contributed by atoms with Crippen LogP contribution in [-0.2, 0) is 9.47 Å². The Labute approximate surface area is 138 Å². The van der Waals surface area contributed by atoms with Crippen LogP contribution in [0.5, 0.6) is 0 Å². The molecule has 5 nitrogen and oxygen atoms in total.